The van der Waals surface area contributed by atoms with Crippen molar-refractivity contribution in [2.24, 2.45) is 5.41 Å². The van der Waals surface area contributed by atoms with E-state index >= 15 is 0 Å². The van der Waals surface area contributed by atoms with E-state index in [1.807, 2.05) is 48.5 Å². The Morgan fingerprint density at radius 1 is 1.06 bits per heavy atom. The van der Waals surface area contributed by atoms with Gasteiger partial charge in [0.15, 0.2) is 18.1 Å². The number of nitrogens with zero attached hydrogens (tertiary/aromatic N) is 1. The number of esters is 1. The molecular weight excluding hydrogens is 452 g/mol. The van der Waals surface area contributed by atoms with E-state index in [0.717, 1.165) is 47.3 Å². The molecule has 0 bridgehead atoms. The summed E-state index contributed by atoms with van der Waals surface area (Å²) in [5.74, 6) is 0.716. The molecule has 1 amide bonds. The number of amides is 1. The molecule has 2 aliphatic rings. The third-order valence-electron chi connectivity index (χ3n) is 6.50. The van der Waals surface area contributed by atoms with Gasteiger partial charge in [-0.25, -0.2) is 4.98 Å². The first-order valence-electron chi connectivity index (χ1n) is 11.8. The van der Waals surface area contributed by atoms with Crippen LogP contribution >= 0.6 is 11.3 Å². The fourth-order valence-corrected chi connectivity index (χ4v) is 5.80. The van der Waals surface area contributed by atoms with E-state index in [0.29, 0.717) is 24.5 Å². The van der Waals surface area contributed by atoms with Crippen molar-refractivity contribution in [1.82, 2.24) is 10.3 Å². The summed E-state index contributed by atoms with van der Waals surface area (Å²) in [4.78, 5) is 30.4. The molecule has 3 aromatic rings. The van der Waals surface area contributed by atoms with Gasteiger partial charge in [-0.1, -0.05) is 43.5 Å². The van der Waals surface area contributed by atoms with Crippen molar-refractivity contribution in [2.45, 2.75) is 44.6 Å². The van der Waals surface area contributed by atoms with Gasteiger partial charge in [-0.15, -0.1) is 11.3 Å². The Labute approximate surface area is 202 Å². The molecule has 2 aromatic carbocycles. The summed E-state index contributed by atoms with van der Waals surface area (Å²) in [7, 11) is 0. The van der Waals surface area contributed by atoms with Crippen LogP contribution in [0.25, 0.3) is 10.2 Å². The van der Waals surface area contributed by atoms with E-state index in [1.165, 1.54) is 0 Å². The Kier molecular flexibility index (Phi) is 6.67. The number of aromatic nitrogens is 1. The zero-order chi connectivity index (χ0) is 23.4. The van der Waals surface area contributed by atoms with Crippen LogP contribution in [0.15, 0.2) is 48.5 Å². The predicted octanol–water partition coefficient (Wildman–Crippen LogP) is 4.29. The SMILES string of the molecule is O=C(COC(=O)C1(Cc2nc3ccccc3s2)CCCCC1)NCC1COc2ccccc2O1. The molecule has 1 atom stereocenters. The average molecular weight is 481 g/mol. The molecule has 7 nitrogen and oxygen atoms in total. The summed E-state index contributed by atoms with van der Waals surface area (Å²) in [5, 5.41) is 3.73. The predicted molar refractivity (Wildman–Crippen MR) is 129 cm³/mol. The number of hydrogen-bond acceptors (Lipinski definition) is 7. The average Bonchev–Trinajstić information content (AvgIpc) is 3.28. The molecular formula is C26H28N2O5S. The molecule has 1 aliphatic heterocycles. The molecule has 0 spiro atoms. The van der Waals surface area contributed by atoms with Crippen LogP contribution in [0.3, 0.4) is 0 Å². The number of benzene rings is 2. The molecule has 1 saturated carbocycles. The first-order valence-corrected chi connectivity index (χ1v) is 12.6. The quantitative estimate of drug-likeness (QED) is 0.508. The number of hydrogen-bond donors (Lipinski definition) is 1. The summed E-state index contributed by atoms with van der Waals surface area (Å²) >= 11 is 1.63. The smallest absolute Gasteiger partial charge is 0.313 e. The maximum Gasteiger partial charge on any atom is 0.313 e. The Bertz CT molecular complexity index is 1140. The summed E-state index contributed by atoms with van der Waals surface area (Å²) in [6.45, 7) is 0.328. The molecule has 1 aromatic heterocycles. The fourth-order valence-electron chi connectivity index (χ4n) is 4.69. The van der Waals surface area contributed by atoms with Gasteiger partial charge in [0, 0.05) is 6.42 Å². The van der Waals surface area contributed by atoms with Crippen molar-refractivity contribution in [3.05, 3.63) is 53.5 Å². The monoisotopic (exact) mass is 480 g/mol. The van der Waals surface area contributed by atoms with Crippen molar-refractivity contribution in [1.29, 1.82) is 0 Å². The van der Waals surface area contributed by atoms with Gasteiger partial charge in [0.2, 0.25) is 0 Å². The number of thiazole rings is 1. The van der Waals surface area contributed by atoms with Crippen LogP contribution in [-0.2, 0) is 20.7 Å². The normalized spacial score (nSPS) is 18.9. The second kappa shape index (κ2) is 10.0. The molecule has 0 saturated heterocycles. The van der Waals surface area contributed by atoms with Crippen molar-refractivity contribution in [2.75, 3.05) is 19.8 Å². The zero-order valence-corrected chi connectivity index (χ0v) is 19.8. The summed E-state index contributed by atoms with van der Waals surface area (Å²) < 4.78 is 18.2. The zero-order valence-electron chi connectivity index (χ0n) is 19.0. The van der Waals surface area contributed by atoms with Crippen molar-refractivity contribution < 1.29 is 23.8 Å². The fraction of sp³-hybridized carbons (Fsp3) is 0.423. The second-order valence-corrected chi connectivity index (χ2v) is 10.1. The largest absolute Gasteiger partial charge is 0.486 e. The lowest BCUT2D eigenvalue weighted by Gasteiger charge is -2.34. The van der Waals surface area contributed by atoms with Crippen molar-refractivity contribution in [3.8, 4) is 11.5 Å². The van der Waals surface area contributed by atoms with Gasteiger partial charge < -0.3 is 19.5 Å². The Morgan fingerprint density at radius 3 is 2.65 bits per heavy atom. The van der Waals surface area contributed by atoms with Crippen LogP contribution in [0.5, 0.6) is 11.5 Å². The first kappa shape index (κ1) is 22.7. The highest BCUT2D eigenvalue weighted by atomic mass is 32.1. The van der Waals surface area contributed by atoms with Crippen LogP contribution in [0.4, 0.5) is 0 Å². The lowest BCUT2D eigenvalue weighted by molar-refractivity contribution is -0.161. The van der Waals surface area contributed by atoms with Crippen LogP contribution in [0.1, 0.15) is 37.1 Å². The summed E-state index contributed by atoms with van der Waals surface area (Å²) in [6, 6.07) is 15.4. The topological polar surface area (TPSA) is 86.8 Å². The molecule has 1 fully saturated rings. The lowest BCUT2D eigenvalue weighted by Crippen LogP contribution is -2.43. The number of ether oxygens (including phenoxy) is 3. The first-order chi connectivity index (χ1) is 16.6. The third kappa shape index (κ3) is 5.01. The van der Waals surface area contributed by atoms with Crippen LogP contribution in [0, 0.1) is 5.41 Å². The van der Waals surface area contributed by atoms with E-state index in [4.69, 9.17) is 19.2 Å². The standard InChI is InChI=1S/C26H28N2O5S/c29-23(27-15-18-16-31-20-9-3-4-10-21(20)33-18)17-32-25(30)26(12-6-1-7-13-26)14-24-28-19-8-2-5-11-22(19)34-24/h2-5,8-11,18H,1,6-7,12-17H2,(H,27,29). The highest BCUT2D eigenvalue weighted by Crippen LogP contribution is 2.41. The number of carbonyl (C=O) groups excluding carboxylic acids is 2. The Balaban J connectivity index is 1.16. The van der Waals surface area contributed by atoms with Gasteiger partial charge >= 0.3 is 5.97 Å². The van der Waals surface area contributed by atoms with Crippen LogP contribution < -0.4 is 14.8 Å². The maximum absolute atomic E-state index is 13.2. The summed E-state index contributed by atoms with van der Waals surface area (Å²) in [6.07, 6.45) is 4.85. The van der Waals surface area contributed by atoms with Gasteiger partial charge in [-0.3, -0.25) is 9.59 Å². The Morgan fingerprint density at radius 2 is 1.82 bits per heavy atom. The number of nitrogens with one attached hydrogen (secondary N) is 1. The molecule has 1 unspecified atom stereocenters. The molecule has 178 valence electrons. The minimum atomic E-state index is -0.615. The number of carbonyl (C=O) groups is 2. The highest BCUT2D eigenvalue weighted by molar-refractivity contribution is 7.18. The van der Waals surface area contributed by atoms with Gasteiger partial charge in [0.1, 0.15) is 12.7 Å². The molecule has 1 N–H and O–H groups in total. The highest BCUT2D eigenvalue weighted by Gasteiger charge is 2.42. The summed E-state index contributed by atoms with van der Waals surface area (Å²) in [5.41, 5.74) is 0.342. The van der Waals surface area contributed by atoms with Gasteiger partial charge in [-0.2, -0.15) is 0 Å². The number of fused-ring (bicyclic) bond motifs is 2. The molecule has 5 rings (SSSR count). The van der Waals surface area contributed by atoms with E-state index in [9.17, 15) is 9.59 Å². The third-order valence-corrected chi connectivity index (χ3v) is 7.54. The molecule has 1 aliphatic carbocycles. The minimum absolute atomic E-state index is 0.279. The van der Waals surface area contributed by atoms with Gasteiger partial charge in [0.05, 0.1) is 27.2 Å². The Hall–Kier alpha value is -3.13. The minimum Gasteiger partial charge on any atom is -0.486 e. The van der Waals surface area contributed by atoms with Crippen LogP contribution in [0.2, 0.25) is 0 Å². The van der Waals surface area contributed by atoms with Crippen molar-refractivity contribution in [3.63, 3.8) is 0 Å². The second-order valence-electron chi connectivity index (χ2n) is 8.97. The lowest BCUT2D eigenvalue weighted by atomic mass is 9.72. The van der Waals surface area contributed by atoms with Crippen molar-refractivity contribution >= 4 is 33.4 Å². The maximum atomic E-state index is 13.2. The van der Waals surface area contributed by atoms with E-state index in [2.05, 4.69) is 5.32 Å². The van der Waals surface area contributed by atoms with E-state index in [1.54, 1.807) is 11.3 Å². The number of para-hydroxylation sites is 3. The molecule has 8 heteroatoms. The molecule has 2 heterocycles. The van der Waals surface area contributed by atoms with Gasteiger partial charge in [-0.05, 0) is 37.1 Å². The molecule has 0 radical (unpaired) electrons. The van der Waals surface area contributed by atoms with E-state index < -0.39 is 5.41 Å². The van der Waals surface area contributed by atoms with Crippen LogP contribution in [-0.4, -0.2) is 42.7 Å². The van der Waals surface area contributed by atoms with E-state index in [-0.39, 0.29) is 31.1 Å². The van der Waals surface area contributed by atoms with Gasteiger partial charge in [0.25, 0.3) is 5.91 Å². The number of rotatable bonds is 7. The molecule has 34 heavy (non-hydrogen) atoms.